The van der Waals surface area contributed by atoms with Crippen molar-refractivity contribution in [2.45, 2.75) is 19.3 Å². The average Bonchev–Trinajstić information content (AvgIpc) is 3.25. The lowest BCUT2D eigenvalue weighted by Crippen LogP contribution is -2.24. The minimum atomic E-state index is -0.149. The Morgan fingerprint density at radius 3 is 1.61 bits per heavy atom. The van der Waals surface area contributed by atoms with Gasteiger partial charge in [-0.1, -0.05) is 178 Å². The molecule has 1 aliphatic carbocycles. The normalized spacial score (nSPS) is 13.0. The maximum Gasteiger partial charge on any atom is 0.0540 e. The van der Waals surface area contributed by atoms with Gasteiger partial charge in [-0.2, -0.15) is 0 Å². The van der Waals surface area contributed by atoms with Gasteiger partial charge in [-0.25, -0.2) is 0 Å². The first-order chi connectivity index (χ1) is 27.5. The SMILES string of the molecule is CC1(C)c2ccc(-c3ccc4ccccc4c3)cc2-c2c(-c3ccc(N(c4cccc5ccccc45)c4cccc5ccccc45)cc3)ccc3cccc1c23. The third kappa shape index (κ3) is 5.01. The minimum Gasteiger partial charge on any atom is -0.309 e. The van der Waals surface area contributed by atoms with Crippen molar-refractivity contribution in [1.82, 2.24) is 0 Å². The van der Waals surface area contributed by atoms with E-state index in [2.05, 4.69) is 219 Å². The third-order valence-corrected chi connectivity index (χ3v) is 12.2. The molecule has 0 bridgehead atoms. The van der Waals surface area contributed by atoms with Crippen molar-refractivity contribution in [2.75, 3.05) is 4.90 Å². The molecule has 56 heavy (non-hydrogen) atoms. The van der Waals surface area contributed by atoms with Crippen LogP contribution in [0.1, 0.15) is 25.0 Å². The summed E-state index contributed by atoms with van der Waals surface area (Å²) in [6.07, 6.45) is 0. The van der Waals surface area contributed by atoms with Crippen molar-refractivity contribution >= 4 is 60.2 Å². The van der Waals surface area contributed by atoms with Crippen molar-refractivity contribution < 1.29 is 0 Å². The summed E-state index contributed by atoms with van der Waals surface area (Å²) >= 11 is 0. The predicted octanol–water partition coefficient (Wildman–Crippen LogP) is 15.4. The molecule has 0 saturated carbocycles. The van der Waals surface area contributed by atoms with E-state index in [4.69, 9.17) is 0 Å². The van der Waals surface area contributed by atoms with Gasteiger partial charge in [0, 0.05) is 21.9 Å². The Balaban J connectivity index is 1.11. The monoisotopic (exact) mass is 713 g/mol. The fourth-order valence-electron chi connectivity index (χ4n) is 9.41. The molecule has 264 valence electrons. The highest BCUT2D eigenvalue weighted by atomic mass is 15.1. The zero-order chi connectivity index (χ0) is 37.4. The molecule has 1 heteroatoms. The van der Waals surface area contributed by atoms with E-state index in [1.807, 2.05) is 0 Å². The van der Waals surface area contributed by atoms with Gasteiger partial charge in [0.25, 0.3) is 0 Å². The third-order valence-electron chi connectivity index (χ3n) is 12.2. The average molecular weight is 714 g/mol. The summed E-state index contributed by atoms with van der Waals surface area (Å²) in [6, 6.07) is 74.0. The number of fused-ring (bicyclic) bond motifs is 5. The van der Waals surface area contributed by atoms with E-state index in [-0.39, 0.29) is 5.41 Å². The number of hydrogen-bond acceptors (Lipinski definition) is 1. The highest BCUT2D eigenvalue weighted by molar-refractivity contribution is 6.10. The number of anilines is 3. The summed E-state index contributed by atoms with van der Waals surface area (Å²) in [4.78, 5) is 2.44. The molecular formula is C55H39N. The molecule has 0 fully saturated rings. The molecule has 0 amide bonds. The zero-order valence-electron chi connectivity index (χ0n) is 31.5. The van der Waals surface area contributed by atoms with Gasteiger partial charge < -0.3 is 4.90 Å². The van der Waals surface area contributed by atoms with Crippen molar-refractivity contribution in [3.63, 3.8) is 0 Å². The van der Waals surface area contributed by atoms with Gasteiger partial charge in [-0.05, 0) is 113 Å². The largest absolute Gasteiger partial charge is 0.309 e. The quantitative estimate of drug-likeness (QED) is 0.172. The van der Waals surface area contributed by atoms with Gasteiger partial charge in [0.15, 0.2) is 0 Å². The van der Waals surface area contributed by atoms with Crippen LogP contribution in [0, 0.1) is 0 Å². The second kappa shape index (κ2) is 12.5. The molecular weight excluding hydrogens is 675 g/mol. The Morgan fingerprint density at radius 2 is 0.893 bits per heavy atom. The molecule has 1 nitrogen and oxygen atoms in total. The van der Waals surface area contributed by atoms with E-state index >= 15 is 0 Å². The summed E-state index contributed by atoms with van der Waals surface area (Å²) in [6.45, 7) is 4.77. The van der Waals surface area contributed by atoms with E-state index < -0.39 is 0 Å². The maximum absolute atomic E-state index is 2.45. The molecule has 0 heterocycles. The lowest BCUT2D eigenvalue weighted by atomic mass is 9.67. The fraction of sp³-hybridized carbons (Fsp3) is 0.0545. The number of nitrogens with zero attached hydrogens (tertiary/aromatic N) is 1. The molecule has 0 atom stereocenters. The Morgan fingerprint density at radius 1 is 0.357 bits per heavy atom. The summed E-state index contributed by atoms with van der Waals surface area (Å²) < 4.78 is 0. The van der Waals surface area contributed by atoms with Crippen LogP contribution in [-0.4, -0.2) is 0 Å². The van der Waals surface area contributed by atoms with Crippen LogP contribution < -0.4 is 4.90 Å². The van der Waals surface area contributed by atoms with Crippen LogP contribution >= 0.6 is 0 Å². The van der Waals surface area contributed by atoms with Crippen molar-refractivity contribution in [3.8, 4) is 33.4 Å². The van der Waals surface area contributed by atoms with Gasteiger partial charge in [-0.3, -0.25) is 0 Å². The molecule has 0 aliphatic heterocycles. The van der Waals surface area contributed by atoms with Crippen LogP contribution in [0.3, 0.4) is 0 Å². The lowest BCUT2D eigenvalue weighted by Gasteiger charge is -2.36. The molecule has 0 saturated heterocycles. The standard InChI is InChI=1S/C55H39N/c1-55(2)49-33-29-43(42-25-24-36-12-3-4-15-41(36)34-42)35-48(49)54-47(32-28-40-18-9-21-50(55)53(40)54)39-26-30-44(31-27-39)56(51-22-10-16-37-13-5-7-19-45(37)51)52-23-11-17-38-14-6-8-20-46(38)52/h3-35H,1-2H3. The topological polar surface area (TPSA) is 3.24 Å². The molecule has 10 aromatic carbocycles. The van der Waals surface area contributed by atoms with Gasteiger partial charge in [0.2, 0.25) is 0 Å². The molecule has 0 aromatic heterocycles. The van der Waals surface area contributed by atoms with Gasteiger partial charge >= 0.3 is 0 Å². The summed E-state index contributed by atoms with van der Waals surface area (Å²) in [5.41, 5.74) is 13.6. The van der Waals surface area contributed by atoms with Crippen LogP contribution in [0.2, 0.25) is 0 Å². The summed E-state index contributed by atoms with van der Waals surface area (Å²) in [5, 5.41) is 10.1. The van der Waals surface area contributed by atoms with E-state index in [0.717, 1.165) is 17.1 Å². The summed E-state index contributed by atoms with van der Waals surface area (Å²) in [7, 11) is 0. The number of hydrogen-bond donors (Lipinski definition) is 0. The van der Waals surface area contributed by atoms with Crippen LogP contribution in [0.15, 0.2) is 200 Å². The van der Waals surface area contributed by atoms with Gasteiger partial charge in [-0.15, -0.1) is 0 Å². The van der Waals surface area contributed by atoms with Gasteiger partial charge in [0.1, 0.15) is 0 Å². The Hall–Kier alpha value is -6.96. The molecule has 0 unspecified atom stereocenters. The van der Waals surface area contributed by atoms with Crippen molar-refractivity contribution in [1.29, 1.82) is 0 Å². The summed E-state index contributed by atoms with van der Waals surface area (Å²) in [5.74, 6) is 0. The fourth-order valence-corrected chi connectivity index (χ4v) is 9.41. The second-order valence-electron chi connectivity index (χ2n) is 15.7. The van der Waals surface area contributed by atoms with E-state index in [9.17, 15) is 0 Å². The van der Waals surface area contributed by atoms with Crippen LogP contribution in [-0.2, 0) is 5.41 Å². The van der Waals surface area contributed by atoms with E-state index in [0.29, 0.717) is 0 Å². The molecule has 0 spiro atoms. The predicted molar refractivity (Wildman–Crippen MR) is 240 cm³/mol. The lowest BCUT2D eigenvalue weighted by molar-refractivity contribution is 0.645. The van der Waals surface area contributed by atoms with Crippen molar-refractivity contribution in [2.24, 2.45) is 0 Å². The Bertz CT molecular complexity index is 3080. The molecule has 0 N–H and O–H groups in total. The Labute approximate surface area is 327 Å². The van der Waals surface area contributed by atoms with E-state index in [1.54, 1.807) is 0 Å². The highest BCUT2D eigenvalue weighted by Gasteiger charge is 2.35. The number of benzene rings is 10. The second-order valence-corrected chi connectivity index (χ2v) is 15.7. The van der Waals surface area contributed by atoms with Crippen LogP contribution in [0.5, 0.6) is 0 Å². The van der Waals surface area contributed by atoms with Crippen LogP contribution in [0.25, 0.3) is 76.5 Å². The first kappa shape index (κ1) is 32.5. The molecule has 10 aromatic rings. The Kier molecular flexibility index (Phi) is 7.28. The van der Waals surface area contributed by atoms with Crippen LogP contribution in [0.4, 0.5) is 17.1 Å². The maximum atomic E-state index is 2.45. The first-order valence-electron chi connectivity index (χ1n) is 19.6. The van der Waals surface area contributed by atoms with Gasteiger partial charge in [0.05, 0.1) is 11.4 Å². The van der Waals surface area contributed by atoms with Crippen molar-refractivity contribution in [3.05, 3.63) is 211 Å². The molecule has 1 aliphatic rings. The number of rotatable bonds is 5. The molecule has 11 rings (SSSR count). The molecule has 0 radical (unpaired) electrons. The zero-order valence-corrected chi connectivity index (χ0v) is 31.5. The van der Waals surface area contributed by atoms with E-state index in [1.165, 1.54) is 87.6 Å². The minimum absolute atomic E-state index is 0.149. The first-order valence-corrected chi connectivity index (χ1v) is 19.6. The smallest absolute Gasteiger partial charge is 0.0540 e. The highest BCUT2D eigenvalue weighted by Crippen LogP contribution is 2.53.